The Bertz CT molecular complexity index is 375. The summed E-state index contributed by atoms with van der Waals surface area (Å²) in [5, 5.41) is 0. The van der Waals surface area contributed by atoms with Gasteiger partial charge in [-0.2, -0.15) is 0 Å². The Balaban J connectivity index is 2.92. The highest BCUT2D eigenvalue weighted by Crippen LogP contribution is 2.04. The molecule has 5 heteroatoms. The number of methoxy groups -OCH3 is 1. The van der Waals surface area contributed by atoms with Crippen molar-refractivity contribution in [3.63, 3.8) is 0 Å². The monoisotopic (exact) mass is 209 g/mol. The molecule has 1 aromatic rings. The predicted octanol–water partition coefficient (Wildman–Crippen LogP) is 1.04. The molecule has 0 fully saturated rings. The van der Waals surface area contributed by atoms with E-state index in [0.29, 0.717) is 0 Å². The number of aromatic nitrogens is 1. The van der Waals surface area contributed by atoms with Crippen LogP contribution < -0.4 is 0 Å². The molecule has 1 heterocycles. The van der Waals surface area contributed by atoms with Gasteiger partial charge in [-0.05, 0) is 19.1 Å². The molecule has 1 aromatic heterocycles. The largest absolute Gasteiger partial charge is 0.465 e. The standard InChI is InChI=1S/C10H11NO4/c1-3-15-10(13)8-6-7(4-5-11-8)9(12)14-2/h4-6H,3H2,1-2H3. The quantitative estimate of drug-likeness (QED) is 0.696. The summed E-state index contributed by atoms with van der Waals surface area (Å²) in [4.78, 5) is 26.2. The highest BCUT2D eigenvalue weighted by Gasteiger charge is 2.12. The van der Waals surface area contributed by atoms with Gasteiger partial charge in [0.1, 0.15) is 5.69 Å². The smallest absolute Gasteiger partial charge is 0.356 e. The lowest BCUT2D eigenvalue weighted by atomic mass is 10.2. The van der Waals surface area contributed by atoms with Crippen LogP contribution in [0.1, 0.15) is 27.8 Å². The third kappa shape index (κ3) is 2.77. The molecule has 0 N–H and O–H groups in total. The maximum atomic E-state index is 11.3. The number of hydrogen-bond acceptors (Lipinski definition) is 5. The zero-order valence-corrected chi connectivity index (χ0v) is 8.52. The van der Waals surface area contributed by atoms with Crippen molar-refractivity contribution in [1.82, 2.24) is 4.98 Å². The van der Waals surface area contributed by atoms with Crippen LogP contribution in [-0.4, -0.2) is 30.6 Å². The van der Waals surface area contributed by atoms with Crippen molar-refractivity contribution in [2.24, 2.45) is 0 Å². The maximum absolute atomic E-state index is 11.3. The van der Waals surface area contributed by atoms with E-state index in [-0.39, 0.29) is 17.9 Å². The minimum atomic E-state index is -0.553. The van der Waals surface area contributed by atoms with Gasteiger partial charge in [0, 0.05) is 6.20 Å². The van der Waals surface area contributed by atoms with Gasteiger partial charge in [0.05, 0.1) is 19.3 Å². The Morgan fingerprint density at radius 3 is 2.73 bits per heavy atom. The minimum Gasteiger partial charge on any atom is -0.465 e. The van der Waals surface area contributed by atoms with Gasteiger partial charge in [-0.15, -0.1) is 0 Å². The number of ether oxygens (including phenoxy) is 2. The van der Waals surface area contributed by atoms with E-state index in [1.54, 1.807) is 6.92 Å². The van der Waals surface area contributed by atoms with Crippen LogP contribution in [0.5, 0.6) is 0 Å². The molecule has 0 aromatic carbocycles. The third-order valence-electron chi connectivity index (χ3n) is 1.67. The summed E-state index contributed by atoms with van der Waals surface area (Å²) in [5.74, 6) is -1.06. The van der Waals surface area contributed by atoms with E-state index in [9.17, 15) is 9.59 Å². The number of rotatable bonds is 3. The molecule has 5 nitrogen and oxygen atoms in total. The first-order valence-corrected chi connectivity index (χ1v) is 4.40. The molecule has 1 rings (SSSR count). The molecule has 0 radical (unpaired) electrons. The first-order chi connectivity index (χ1) is 7.19. The molecule has 0 atom stereocenters. The molecule has 0 aliphatic carbocycles. The zero-order valence-electron chi connectivity index (χ0n) is 8.52. The van der Waals surface area contributed by atoms with E-state index in [1.165, 1.54) is 25.4 Å². The summed E-state index contributed by atoms with van der Waals surface area (Å²) >= 11 is 0. The SMILES string of the molecule is CCOC(=O)c1cc(C(=O)OC)ccn1. The molecule has 15 heavy (non-hydrogen) atoms. The van der Waals surface area contributed by atoms with Crippen molar-refractivity contribution in [3.8, 4) is 0 Å². The Hall–Kier alpha value is -1.91. The molecule has 0 amide bonds. The molecular formula is C10H11NO4. The van der Waals surface area contributed by atoms with Gasteiger partial charge in [-0.1, -0.05) is 0 Å². The number of esters is 2. The van der Waals surface area contributed by atoms with Crippen LogP contribution in [-0.2, 0) is 9.47 Å². The Kier molecular flexibility index (Phi) is 3.79. The van der Waals surface area contributed by atoms with Crippen LogP contribution in [0.2, 0.25) is 0 Å². The van der Waals surface area contributed by atoms with Gasteiger partial charge in [-0.25, -0.2) is 14.6 Å². The zero-order chi connectivity index (χ0) is 11.3. The molecule has 0 bridgehead atoms. The van der Waals surface area contributed by atoms with Crippen molar-refractivity contribution in [2.75, 3.05) is 13.7 Å². The summed E-state index contributed by atoms with van der Waals surface area (Å²) in [7, 11) is 1.27. The van der Waals surface area contributed by atoms with Gasteiger partial charge >= 0.3 is 11.9 Å². The fourth-order valence-electron chi connectivity index (χ4n) is 0.992. The van der Waals surface area contributed by atoms with Crippen molar-refractivity contribution in [1.29, 1.82) is 0 Å². The van der Waals surface area contributed by atoms with Crippen LogP contribution in [0.15, 0.2) is 18.3 Å². The van der Waals surface area contributed by atoms with Crippen LogP contribution >= 0.6 is 0 Å². The lowest BCUT2D eigenvalue weighted by Crippen LogP contribution is -2.09. The fourth-order valence-corrected chi connectivity index (χ4v) is 0.992. The minimum absolute atomic E-state index is 0.0970. The predicted molar refractivity (Wildman–Crippen MR) is 51.5 cm³/mol. The van der Waals surface area contributed by atoms with E-state index in [0.717, 1.165) is 0 Å². The molecular weight excluding hydrogens is 198 g/mol. The molecule has 0 saturated heterocycles. The number of nitrogens with zero attached hydrogens (tertiary/aromatic N) is 1. The van der Waals surface area contributed by atoms with E-state index in [1.807, 2.05) is 0 Å². The van der Waals surface area contributed by atoms with Crippen molar-refractivity contribution < 1.29 is 19.1 Å². The molecule has 0 aliphatic heterocycles. The summed E-state index contributed by atoms with van der Waals surface area (Å²) < 4.78 is 9.25. The van der Waals surface area contributed by atoms with Crippen molar-refractivity contribution in [2.45, 2.75) is 6.92 Å². The van der Waals surface area contributed by atoms with Gasteiger partial charge in [0.15, 0.2) is 0 Å². The number of carbonyl (C=O) groups excluding carboxylic acids is 2. The molecule has 80 valence electrons. The van der Waals surface area contributed by atoms with Crippen LogP contribution in [0.4, 0.5) is 0 Å². The first kappa shape index (κ1) is 11.2. The molecule has 0 spiro atoms. The van der Waals surface area contributed by atoms with Crippen molar-refractivity contribution >= 4 is 11.9 Å². The molecule has 0 unspecified atom stereocenters. The number of carbonyl (C=O) groups is 2. The summed E-state index contributed by atoms with van der Waals surface area (Å²) in [5.41, 5.74) is 0.371. The van der Waals surface area contributed by atoms with Crippen molar-refractivity contribution in [3.05, 3.63) is 29.6 Å². The van der Waals surface area contributed by atoms with E-state index in [2.05, 4.69) is 9.72 Å². The summed E-state index contributed by atoms with van der Waals surface area (Å²) in [6, 6.07) is 2.80. The molecule has 0 aliphatic rings. The molecule has 0 saturated carbocycles. The highest BCUT2D eigenvalue weighted by molar-refractivity contribution is 5.93. The summed E-state index contributed by atoms with van der Waals surface area (Å²) in [6.45, 7) is 1.96. The fraction of sp³-hybridized carbons (Fsp3) is 0.300. The summed E-state index contributed by atoms with van der Waals surface area (Å²) in [6.07, 6.45) is 1.36. The van der Waals surface area contributed by atoms with Gasteiger partial charge < -0.3 is 9.47 Å². The second kappa shape index (κ2) is 5.09. The van der Waals surface area contributed by atoms with Crippen LogP contribution in [0.3, 0.4) is 0 Å². The number of hydrogen-bond donors (Lipinski definition) is 0. The lowest BCUT2D eigenvalue weighted by molar-refractivity contribution is 0.0519. The van der Waals surface area contributed by atoms with Gasteiger partial charge in [-0.3, -0.25) is 0 Å². The Morgan fingerprint density at radius 1 is 1.40 bits per heavy atom. The average molecular weight is 209 g/mol. The van der Waals surface area contributed by atoms with E-state index in [4.69, 9.17) is 4.74 Å². The van der Waals surface area contributed by atoms with E-state index >= 15 is 0 Å². The van der Waals surface area contributed by atoms with Crippen LogP contribution in [0, 0.1) is 0 Å². The third-order valence-corrected chi connectivity index (χ3v) is 1.67. The number of pyridine rings is 1. The second-order valence-electron chi connectivity index (χ2n) is 2.64. The average Bonchev–Trinajstić information content (AvgIpc) is 2.28. The first-order valence-electron chi connectivity index (χ1n) is 4.40. The highest BCUT2D eigenvalue weighted by atomic mass is 16.5. The second-order valence-corrected chi connectivity index (χ2v) is 2.64. The van der Waals surface area contributed by atoms with Gasteiger partial charge in [0.25, 0.3) is 0 Å². The van der Waals surface area contributed by atoms with Gasteiger partial charge in [0.2, 0.25) is 0 Å². The maximum Gasteiger partial charge on any atom is 0.356 e. The Morgan fingerprint density at radius 2 is 2.13 bits per heavy atom. The lowest BCUT2D eigenvalue weighted by Gasteiger charge is -2.02. The van der Waals surface area contributed by atoms with E-state index < -0.39 is 11.9 Å². The normalized spacial score (nSPS) is 9.47. The van der Waals surface area contributed by atoms with Crippen LogP contribution in [0.25, 0.3) is 0 Å². The topological polar surface area (TPSA) is 65.5 Å². The Labute approximate surface area is 87.0 Å².